The first-order valence-electron chi connectivity index (χ1n) is 9.21. The van der Waals surface area contributed by atoms with Crippen LogP contribution in [0.5, 0.6) is 0 Å². The molecule has 0 N–H and O–H groups in total. The van der Waals surface area contributed by atoms with Crippen molar-refractivity contribution < 1.29 is 13.2 Å². The Morgan fingerprint density at radius 1 is 0.963 bits per heavy atom. The molecule has 0 amide bonds. The highest BCUT2D eigenvalue weighted by molar-refractivity contribution is 5.75. The second-order valence-corrected chi connectivity index (χ2v) is 7.49. The van der Waals surface area contributed by atoms with E-state index in [4.69, 9.17) is 0 Å². The molecule has 27 heavy (non-hydrogen) atoms. The van der Waals surface area contributed by atoms with E-state index in [2.05, 4.69) is 20.6 Å². The summed E-state index contributed by atoms with van der Waals surface area (Å²) >= 11 is 0. The molecule has 1 aliphatic carbocycles. The van der Waals surface area contributed by atoms with Gasteiger partial charge >= 0.3 is 6.18 Å². The minimum Gasteiger partial charge on any atom is -0.356 e. The van der Waals surface area contributed by atoms with E-state index < -0.39 is 11.9 Å². The van der Waals surface area contributed by atoms with Gasteiger partial charge in [0.2, 0.25) is 0 Å². The standard InChI is InChI=1S/C20H19F3N4/c21-20(22,23)18-6-3-7-19(25-18)26-10-13-8-9-16(14(13)11-26)27-12-24-15-4-1-2-5-17(15)27/h1-7,12-14,16H,8-11H2/t13-,14+,16+/m1/s1. The van der Waals surface area contributed by atoms with Crippen LogP contribution in [0.15, 0.2) is 48.8 Å². The number of hydrogen-bond acceptors (Lipinski definition) is 3. The summed E-state index contributed by atoms with van der Waals surface area (Å²) in [5.41, 5.74) is 1.28. The lowest BCUT2D eigenvalue weighted by Crippen LogP contribution is -2.25. The maximum atomic E-state index is 13.0. The zero-order valence-electron chi connectivity index (χ0n) is 14.6. The third-order valence-electron chi connectivity index (χ3n) is 6.01. The lowest BCUT2D eigenvalue weighted by atomic mass is 9.97. The second kappa shape index (κ2) is 5.97. The summed E-state index contributed by atoms with van der Waals surface area (Å²) in [6, 6.07) is 12.6. The average molecular weight is 372 g/mol. The Balaban J connectivity index is 1.42. The average Bonchev–Trinajstić information content (AvgIpc) is 3.34. The van der Waals surface area contributed by atoms with E-state index >= 15 is 0 Å². The van der Waals surface area contributed by atoms with Crippen molar-refractivity contribution in [2.75, 3.05) is 18.0 Å². The van der Waals surface area contributed by atoms with Crippen molar-refractivity contribution >= 4 is 16.9 Å². The van der Waals surface area contributed by atoms with Gasteiger partial charge in [0.15, 0.2) is 0 Å². The Morgan fingerprint density at radius 3 is 2.67 bits per heavy atom. The van der Waals surface area contributed by atoms with Crippen molar-refractivity contribution in [1.82, 2.24) is 14.5 Å². The van der Waals surface area contributed by atoms with Crippen molar-refractivity contribution in [1.29, 1.82) is 0 Å². The largest absolute Gasteiger partial charge is 0.433 e. The first-order valence-corrected chi connectivity index (χ1v) is 9.21. The molecule has 3 atom stereocenters. The molecule has 0 spiro atoms. The number of pyridine rings is 1. The van der Waals surface area contributed by atoms with E-state index in [9.17, 15) is 13.2 Å². The number of alkyl halides is 3. The molecule has 4 nitrogen and oxygen atoms in total. The van der Waals surface area contributed by atoms with Gasteiger partial charge in [-0.15, -0.1) is 0 Å². The van der Waals surface area contributed by atoms with Crippen LogP contribution in [0.3, 0.4) is 0 Å². The molecule has 1 saturated heterocycles. The third kappa shape index (κ3) is 2.76. The molecule has 5 rings (SSSR count). The molecule has 1 aliphatic heterocycles. The van der Waals surface area contributed by atoms with E-state index in [1.807, 2.05) is 29.4 Å². The second-order valence-electron chi connectivity index (χ2n) is 7.49. The van der Waals surface area contributed by atoms with Crippen LogP contribution in [0.25, 0.3) is 11.0 Å². The van der Waals surface area contributed by atoms with Crippen molar-refractivity contribution in [2.24, 2.45) is 11.8 Å². The van der Waals surface area contributed by atoms with Crippen LogP contribution in [0.2, 0.25) is 0 Å². The molecule has 7 heteroatoms. The van der Waals surface area contributed by atoms with Gasteiger partial charge in [-0.3, -0.25) is 0 Å². The van der Waals surface area contributed by atoms with Gasteiger partial charge in [-0.05, 0) is 43.0 Å². The van der Waals surface area contributed by atoms with Crippen LogP contribution in [0.1, 0.15) is 24.6 Å². The molecule has 1 saturated carbocycles. The number of hydrogen-bond donors (Lipinski definition) is 0. The Morgan fingerprint density at radius 2 is 1.81 bits per heavy atom. The summed E-state index contributed by atoms with van der Waals surface area (Å²) in [7, 11) is 0. The minimum atomic E-state index is -4.41. The predicted molar refractivity (Wildman–Crippen MR) is 96.4 cm³/mol. The maximum Gasteiger partial charge on any atom is 0.433 e. The molecule has 3 heterocycles. The van der Waals surface area contributed by atoms with Gasteiger partial charge in [0.25, 0.3) is 0 Å². The molecule has 0 radical (unpaired) electrons. The lowest BCUT2D eigenvalue weighted by Gasteiger charge is -2.23. The number of aromatic nitrogens is 3. The molecule has 3 aromatic rings. The summed E-state index contributed by atoms with van der Waals surface area (Å²) in [4.78, 5) is 10.4. The van der Waals surface area contributed by atoms with Crippen LogP contribution in [-0.2, 0) is 6.18 Å². The van der Waals surface area contributed by atoms with Crippen molar-refractivity contribution in [3.05, 3.63) is 54.5 Å². The van der Waals surface area contributed by atoms with Crippen molar-refractivity contribution in [3.63, 3.8) is 0 Å². The highest BCUT2D eigenvalue weighted by Crippen LogP contribution is 2.46. The Hall–Kier alpha value is -2.57. The highest BCUT2D eigenvalue weighted by Gasteiger charge is 2.44. The SMILES string of the molecule is FC(F)(F)c1cccc(N2C[C@H]3CC[C@H](n4cnc5ccccc54)[C@H]3C2)n1. The highest BCUT2D eigenvalue weighted by atomic mass is 19.4. The maximum absolute atomic E-state index is 13.0. The quantitative estimate of drug-likeness (QED) is 0.662. The van der Waals surface area contributed by atoms with Gasteiger partial charge in [-0.25, -0.2) is 9.97 Å². The molecule has 2 aliphatic rings. The molecule has 2 aromatic heterocycles. The lowest BCUT2D eigenvalue weighted by molar-refractivity contribution is -0.141. The van der Waals surface area contributed by atoms with Gasteiger partial charge in [-0.1, -0.05) is 18.2 Å². The summed E-state index contributed by atoms with van der Waals surface area (Å²) in [6.45, 7) is 1.50. The molecule has 0 unspecified atom stereocenters. The van der Waals surface area contributed by atoms with Gasteiger partial charge < -0.3 is 9.47 Å². The Labute approximate surface area is 154 Å². The smallest absolute Gasteiger partial charge is 0.356 e. The van der Waals surface area contributed by atoms with E-state index in [0.717, 1.165) is 43.0 Å². The first-order chi connectivity index (χ1) is 13.0. The number of rotatable bonds is 2. The number of fused-ring (bicyclic) bond motifs is 2. The fourth-order valence-electron chi connectivity index (χ4n) is 4.77. The number of benzene rings is 1. The number of imidazole rings is 1. The van der Waals surface area contributed by atoms with Crippen molar-refractivity contribution in [2.45, 2.75) is 25.1 Å². The zero-order chi connectivity index (χ0) is 18.6. The normalized spacial score (nSPS) is 25.3. The van der Waals surface area contributed by atoms with Gasteiger partial charge in [-0.2, -0.15) is 13.2 Å². The van der Waals surface area contributed by atoms with E-state index in [0.29, 0.717) is 23.7 Å². The van der Waals surface area contributed by atoms with Crippen LogP contribution in [0.4, 0.5) is 19.0 Å². The van der Waals surface area contributed by atoms with Crippen LogP contribution in [0, 0.1) is 11.8 Å². The number of halogens is 3. The van der Waals surface area contributed by atoms with Crippen LogP contribution >= 0.6 is 0 Å². The molecule has 1 aromatic carbocycles. The van der Waals surface area contributed by atoms with Crippen LogP contribution < -0.4 is 4.90 Å². The fraction of sp³-hybridized carbons (Fsp3) is 0.400. The van der Waals surface area contributed by atoms with E-state index in [-0.39, 0.29) is 0 Å². The Kier molecular flexibility index (Phi) is 3.67. The number of anilines is 1. The molecular weight excluding hydrogens is 353 g/mol. The Bertz CT molecular complexity index is 981. The van der Waals surface area contributed by atoms with E-state index in [1.54, 1.807) is 6.07 Å². The summed E-state index contributed by atoms with van der Waals surface area (Å²) in [6.07, 6.45) is -0.344. The summed E-state index contributed by atoms with van der Waals surface area (Å²) in [5.74, 6) is 1.31. The van der Waals surface area contributed by atoms with Gasteiger partial charge in [0.1, 0.15) is 11.5 Å². The number of para-hydroxylation sites is 2. The van der Waals surface area contributed by atoms with E-state index in [1.165, 1.54) is 6.07 Å². The minimum absolute atomic E-state index is 0.332. The molecular formula is C20H19F3N4. The zero-order valence-corrected chi connectivity index (χ0v) is 14.6. The summed E-state index contributed by atoms with van der Waals surface area (Å²) in [5, 5.41) is 0. The predicted octanol–water partition coefficient (Wildman–Crippen LogP) is 4.54. The van der Waals surface area contributed by atoms with Crippen molar-refractivity contribution in [3.8, 4) is 0 Å². The topological polar surface area (TPSA) is 34.0 Å². The molecule has 2 fully saturated rings. The molecule has 0 bridgehead atoms. The number of nitrogens with zero attached hydrogens (tertiary/aromatic N) is 4. The third-order valence-corrected chi connectivity index (χ3v) is 6.01. The fourth-order valence-corrected chi connectivity index (χ4v) is 4.77. The first kappa shape index (κ1) is 16.6. The monoisotopic (exact) mass is 372 g/mol. The molecule has 140 valence electrons. The van der Waals surface area contributed by atoms with Gasteiger partial charge in [0.05, 0.1) is 17.4 Å². The summed E-state index contributed by atoms with van der Waals surface area (Å²) < 4.78 is 41.2. The van der Waals surface area contributed by atoms with Crippen LogP contribution in [-0.4, -0.2) is 27.6 Å². The van der Waals surface area contributed by atoms with Gasteiger partial charge in [0, 0.05) is 25.0 Å².